The fourth-order valence-electron chi connectivity index (χ4n) is 4.73. The molecule has 1 aliphatic carbocycles. The van der Waals surface area contributed by atoms with Crippen LogP contribution in [0.4, 0.5) is 11.5 Å². The smallest absolute Gasteiger partial charge is 0.245 e. The van der Waals surface area contributed by atoms with Gasteiger partial charge in [0.2, 0.25) is 5.91 Å². The first kappa shape index (κ1) is 22.0. The summed E-state index contributed by atoms with van der Waals surface area (Å²) in [4.78, 5) is 22.6. The average Bonchev–Trinajstić information content (AvgIpc) is 2.86. The van der Waals surface area contributed by atoms with Crippen LogP contribution < -0.4 is 14.8 Å². The lowest BCUT2D eigenvalue weighted by Gasteiger charge is -2.52. The summed E-state index contributed by atoms with van der Waals surface area (Å²) >= 11 is 6.18. The molecule has 34 heavy (non-hydrogen) atoms. The first-order valence-corrected chi connectivity index (χ1v) is 11.3. The van der Waals surface area contributed by atoms with Gasteiger partial charge in [-0.05, 0) is 36.8 Å². The molecule has 6 rings (SSSR count). The van der Waals surface area contributed by atoms with Gasteiger partial charge in [0.05, 0.1) is 23.2 Å². The fraction of sp³-hybridized carbons (Fsp3) is 0.280. The molecule has 1 aromatic heterocycles. The Morgan fingerprint density at radius 2 is 2.06 bits per heavy atom. The number of amides is 1. The number of anilines is 2. The van der Waals surface area contributed by atoms with Crippen LogP contribution in [0.1, 0.15) is 12.0 Å². The predicted octanol–water partition coefficient (Wildman–Crippen LogP) is 4.32. The quantitative estimate of drug-likeness (QED) is 0.530. The zero-order chi connectivity index (χ0) is 23.8. The molecule has 9 heteroatoms. The summed E-state index contributed by atoms with van der Waals surface area (Å²) in [5.41, 5.74) is 1.79. The van der Waals surface area contributed by atoms with Crippen LogP contribution in [-0.2, 0) is 4.79 Å². The number of benzene rings is 2. The molecular weight excluding hydrogens is 454 g/mol. The number of ether oxygens (including phenoxy) is 2. The van der Waals surface area contributed by atoms with E-state index in [4.69, 9.17) is 26.3 Å². The van der Waals surface area contributed by atoms with Crippen molar-refractivity contribution in [3.05, 3.63) is 59.9 Å². The van der Waals surface area contributed by atoms with Crippen molar-refractivity contribution in [3.8, 4) is 17.6 Å². The summed E-state index contributed by atoms with van der Waals surface area (Å²) in [6, 6.07) is 10.9. The summed E-state index contributed by atoms with van der Waals surface area (Å²) in [6.07, 6.45) is 3.88. The molecule has 1 saturated carbocycles. The van der Waals surface area contributed by atoms with E-state index >= 15 is 0 Å². The number of nitrogens with zero attached hydrogens (tertiary/aromatic N) is 4. The molecule has 3 heterocycles. The molecule has 1 unspecified atom stereocenters. The van der Waals surface area contributed by atoms with E-state index in [1.54, 1.807) is 25.3 Å². The second kappa shape index (κ2) is 8.84. The Labute approximate surface area is 201 Å². The summed E-state index contributed by atoms with van der Waals surface area (Å²) in [5.74, 6) is 2.28. The Morgan fingerprint density at radius 1 is 1.26 bits per heavy atom. The van der Waals surface area contributed by atoms with Gasteiger partial charge in [0, 0.05) is 42.1 Å². The number of aromatic nitrogens is 2. The summed E-state index contributed by atoms with van der Waals surface area (Å²) < 4.78 is 12.0. The molecule has 3 atom stereocenters. The lowest BCUT2D eigenvalue weighted by Crippen LogP contribution is -2.61. The highest BCUT2D eigenvalue weighted by molar-refractivity contribution is 6.32. The molecule has 2 bridgehead atoms. The Hall–Kier alpha value is -3.83. The number of fused-ring (bicyclic) bond motifs is 3. The number of hydrogen-bond donors (Lipinski definition) is 1. The minimum atomic E-state index is -0.0350. The average molecular weight is 476 g/mol. The third kappa shape index (κ3) is 3.88. The van der Waals surface area contributed by atoms with E-state index in [-0.39, 0.29) is 23.8 Å². The number of methoxy groups -OCH3 is 1. The van der Waals surface area contributed by atoms with Crippen molar-refractivity contribution in [1.82, 2.24) is 14.9 Å². The van der Waals surface area contributed by atoms with Gasteiger partial charge in [0.15, 0.2) is 11.5 Å². The fourth-order valence-corrected chi connectivity index (χ4v) is 4.95. The van der Waals surface area contributed by atoms with Crippen LogP contribution >= 0.6 is 11.6 Å². The van der Waals surface area contributed by atoms with Crippen molar-refractivity contribution < 1.29 is 14.3 Å². The SMILES string of the molecule is C=CC(=O)N1C[C@H]2C[C@@H](C1)C2Oc1cc2c(Nc3ccc(C#N)c(Cl)c3)ncnc2cc1OC. The van der Waals surface area contributed by atoms with E-state index in [1.807, 2.05) is 17.0 Å². The molecular formula is C25H22ClN5O3. The molecule has 0 spiro atoms. The van der Waals surface area contributed by atoms with E-state index in [0.29, 0.717) is 52.2 Å². The van der Waals surface area contributed by atoms with Crippen LogP contribution in [-0.4, -0.2) is 47.1 Å². The number of nitrogens with one attached hydrogen (secondary N) is 1. The number of piperidine rings is 2. The minimum Gasteiger partial charge on any atom is -0.493 e. The number of halogens is 1. The van der Waals surface area contributed by atoms with Gasteiger partial charge < -0.3 is 19.7 Å². The van der Waals surface area contributed by atoms with Gasteiger partial charge >= 0.3 is 0 Å². The van der Waals surface area contributed by atoms with Crippen LogP contribution in [0.25, 0.3) is 10.9 Å². The molecule has 3 aliphatic rings. The molecule has 1 amide bonds. The van der Waals surface area contributed by atoms with Gasteiger partial charge in [-0.3, -0.25) is 4.79 Å². The molecule has 2 aliphatic heterocycles. The Balaban J connectivity index is 1.43. The lowest BCUT2D eigenvalue weighted by molar-refractivity contribution is -0.142. The highest BCUT2D eigenvalue weighted by Gasteiger charge is 2.49. The molecule has 0 radical (unpaired) electrons. The number of nitriles is 1. The highest BCUT2D eigenvalue weighted by atomic mass is 35.5. The van der Waals surface area contributed by atoms with Crippen molar-refractivity contribution in [2.45, 2.75) is 12.5 Å². The number of hydrogen-bond acceptors (Lipinski definition) is 7. The van der Waals surface area contributed by atoms with Gasteiger partial charge in [-0.1, -0.05) is 18.2 Å². The van der Waals surface area contributed by atoms with Gasteiger partial charge in [-0.15, -0.1) is 0 Å². The van der Waals surface area contributed by atoms with E-state index < -0.39 is 0 Å². The number of carbonyl (C=O) groups is 1. The normalized spacial score (nSPS) is 20.7. The van der Waals surface area contributed by atoms with Crippen LogP contribution in [0.2, 0.25) is 5.02 Å². The second-order valence-corrected chi connectivity index (χ2v) is 8.87. The predicted molar refractivity (Wildman–Crippen MR) is 128 cm³/mol. The van der Waals surface area contributed by atoms with E-state index in [9.17, 15) is 4.79 Å². The maximum Gasteiger partial charge on any atom is 0.245 e. The Kier molecular flexibility index (Phi) is 5.72. The van der Waals surface area contributed by atoms with Crippen molar-refractivity contribution >= 4 is 39.9 Å². The summed E-state index contributed by atoms with van der Waals surface area (Å²) in [6.45, 7) is 4.92. The van der Waals surface area contributed by atoms with Crippen LogP contribution in [0.5, 0.6) is 11.5 Å². The van der Waals surface area contributed by atoms with Crippen LogP contribution in [0.15, 0.2) is 49.3 Å². The van der Waals surface area contributed by atoms with Gasteiger partial charge in [-0.25, -0.2) is 9.97 Å². The summed E-state index contributed by atoms with van der Waals surface area (Å²) in [7, 11) is 1.60. The monoisotopic (exact) mass is 475 g/mol. The summed E-state index contributed by atoms with van der Waals surface area (Å²) in [5, 5.41) is 13.5. The third-order valence-electron chi connectivity index (χ3n) is 6.47. The molecule has 2 aromatic carbocycles. The lowest BCUT2D eigenvalue weighted by atomic mass is 9.68. The maximum atomic E-state index is 12.0. The van der Waals surface area contributed by atoms with Gasteiger partial charge in [-0.2, -0.15) is 5.26 Å². The first-order valence-electron chi connectivity index (χ1n) is 10.9. The first-order chi connectivity index (χ1) is 16.5. The topological polar surface area (TPSA) is 100 Å². The molecule has 2 saturated heterocycles. The molecule has 8 nitrogen and oxygen atoms in total. The van der Waals surface area contributed by atoms with Crippen LogP contribution in [0.3, 0.4) is 0 Å². The third-order valence-corrected chi connectivity index (χ3v) is 6.78. The van der Waals surface area contributed by atoms with Crippen LogP contribution in [0, 0.1) is 23.2 Å². The second-order valence-electron chi connectivity index (χ2n) is 8.46. The number of carbonyl (C=O) groups excluding carboxylic acids is 1. The zero-order valence-corrected chi connectivity index (χ0v) is 19.2. The minimum absolute atomic E-state index is 0.0126. The molecule has 3 fully saturated rings. The molecule has 3 aromatic rings. The molecule has 1 N–H and O–H groups in total. The Morgan fingerprint density at radius 3 is 2.74 bits per heavy atom. The largest absolute Gasteiger partial charge is 0.493 e. The van der Waals surface area contributed by atoms with Gasteiger partial charge in [0.25, 0.3) is 0 Å². The van der Waals surface area contributed by atoms with Crippen molar-refractivity contribution in [3.63, 3.8) is 0 Å². The van der Waals surface area contributed by atoms with Crippen molar-refractivity contribution in [1.29, 1.82) is 5.26 Å². The Bertz CT molecular complexity index is 1330. The highest BCUT2D eigenvalue weighted by Crippen LogP contribution is 2.45. The van der Waals surface area contributed by atoms with Crippen molar-refractivity contribution in [2.24, 2.45) is 11.8 Å². The molecule has 172 valence electrons. The van der Waals surface area contributed by atoms with Gasteiger partial charge in [0.1, 0.15) is 24.3 Å². The zero-order valence-electron chi connectivity index (χ0n) is 18.5. The number of rotatable bonds is 6. The van der Waals surface area contributed by atoms with E-state index in [2.05, 4.69) is 27.9 Å². The van der Waals surface area contributed by atoms with E-state index in [0.717, 1.165) is 11.8 Å². The maximum absolute atomic E-state index is 12.0. The van der Waals surface area contributed by atoms with Crippen molar-refractivity contribution in [2.75, 3.05) is 25.5 Å². The standard InChI is InChI=1S/C25H22ClN5O3/c1-3-23(32)31-11-15-6-16(12-31)24(15)34-22-8-18-20(9-21(22)33-2)28-13-29-25(18)30-17-5-4-14(10-27)19(26)7-17/h3-5,7-9,13,15-16,24H,1,6,11-12H2,2H3,(H,28,29,30)/t15-,16+,24?. The van der Waals surface area contributed by atoms with E-state index in [1.165, 1.54) is 12.4 Å².